The Morgan fingerprint density at radius 2 is 1.88 bits per heavy atom. The number of amides is 1. The van der Waals surface area contributed by atoms with Crippen molar-refractivity contribution in [2.45, 2.75) is 0 Å². The Labute approximate surface area is 154 Å². The number of hydrogen-bond donors (Lipinski definition) is 2. The molecule has 0 fully saturated rings. The van der Waals surface area contributed by atoms with Crippen LogP contribution in [0.3, 0.4) is 0 Å². The van der Waals surface area contributed by atoms with Gasteiger partial charge in [-0.1, -0.05) is 34.1 Å². The highest BCUT2D eigenvalue weighted by atomic mass is 79.9. The highest BCUT2D eigenvalue weighted by Gasteiger charge is 2.10. The van der Waals surface area contributed by atoms with Crippen LogP contribution in [0.1, 0.15) is 10.5 Å². The molecule has 1 aromatic heterocycles. The van der Waals surface area contributed by atoms with E-state index in [0.717, 1.165) is 21.6 Å². The van der Waals surface area contributed by atoms with Gasteiger partial charge in [0.1, 0.15) is 11.4 Å². The second-order valence-electron chi connectivity index (χ2n) is 5.22. The van der Waals surface area contributed by atoms with Crippen molar-refractivity contribution in [1.29, 1.82) is 0 Å². The first-order chi connectivity index (χ1) is 12.2. The summed E-state index contributed by atoms with van der Waals surface area (Å²) < 4.78 is 6.22. The normalized spacial score (nSPS) is 10.2. The molecule has 0 bridgehead atoms. The Morgan fingerprint density at radius 3 is 2.68 bits per heavy atom. The number of rotatable bonds is 5. The van der Waals surface area contributed by atoms with Crippen LogP contribution < -0.4 is 15.4 Å². The molecule has 3 aromatic rings. The maximum absolute atomic E-state index is 12.4. The number of methoxy groups -OCH3 is 1. The largest absolute Gasteiger partial charge is 0.495 e. The molecule has 25 heavy (non-hydrogen) atoms. The summed E-state index contributed by atoms with van der Waals surface area (Å²) in [6.45, 7) is 0. The van der Waals surface area contributed by atoms with Crippen LogP contribution >= 0.6 is 15.9 Å². The van der Waals surface area contributed by atoms with Crippen molar-refractivity contribution in [2.75, 3.05) is 17.7 Å². The maximum atomic E-state index is 12.4. The van der Waals surface area contributed by atoms with E-state index < -0.39 is 0 Å². The van der Waals surface area contributed by atoms with Crippen molar-refractivity contribution in [2.24, 2.45) is 0 Å². The van der Waals surface area contributed by atoms with Gasteiger partial charge in [0.25, 0.3) is 5.91 Å². The molecule has 0 saturated carbocycles. The summed E-state index contributed by atoms with van der Waals surface area (Å²) in [7, 11) is 1.62. The first-order valence-electron chi connectivity index (χ1n) is 7.59. The van der Waals surface area contributed by atoms with Gasteiger partial charge in [-0.15, -0.1) is 0 Å². The average Bonchev–Trinajstić information content (AvgIpc) is 2.62. The molecule has 0 aliphatic carbocycles. The summed E-state index contributed by atoms with van der Waals surface area (Å²) in [5.41, 5.74) is 2.58. The van der Waals surface area contributed by atoms with Gasteiger partial charge in [-0.2, -0.15) is 0 Å². The minimum absolute atomic E-state index is 0.276. The van der Waals surface area contributed by atoms with Gasteiger partial charge in [0.05, 0.1) is 12.8 Å². The number of nitrogens with zero attached hydrogens (tertiary/aromatic N) is 1. The number of anilines is 3. The van der Waals surface area contributed by atoms with Crippen molar-refractivity contribution in [3.63, 3.8) is 0 Å². The molecule has 1 amide bonds. The molecule has 0 atom stereocenters. The number of benzene rings is 2. The zero-order valence-corrected chi connectivity index (χ0v) is 15.1. The van der Waals surface area contributed by atoms with Crippen LogP contribution in [-0.2, 0) is 0 Å². The number of carbonyl (C=O) groups is 1. The van der Waals surface area contributed by atoms with Gasteiger partial charge in [-0.05, 0) is 42.5 Å². The summed E-state index contributed by atoms with van der Waals surface area (Å²) in [5, 5.41) is 6.07. The predicted molar refractivity (Wildman–Crippen MR) is 103 cm³/mol. The Balaban J connectivity index is 1.78. The first kappa shape index (κ1) is 17.0. The molecule has 0 saturated heterocycles. The van der Waals surface area contributed by atoms with Gasteiger partial charge in [0, 0.05) is 22.0 Å². The van der Waals surface area contributed by atoms with E-state index in [0.29, 0.717) is 11.4 Å². The number of pyridine rings is 1. The minimum atomic E-state index is -0.276. The Morgan fingerprint density at radius 1 is 1.04 bits per heavy atom. The van der Waals surface area contributed by atoms with Crippen molar-refractivity contribution < 1.29 is 9.53 Å². The second-order valence-corrected chi connectivity index (χ2v) is 6.14. The maximum Gasteiger partial charge on any atom is 0.274 e. The van der Waals surface area contributed by atoms with Crippen molar-refractivity contribution in [3.8, 4) is 5.75 Å². The lowest BCUT2D eigenvalue weighted by molar-refractivity contribution is 0.102. The van der Waals surface area contributed by atoms with Gasteiger partial charge in [0.15, 0.2) is 0 Å². The molecule has 5 nitrogen and oxygen atoms in total. The van der Waals surface area contributed by atoms with E-state index in [1.807, 2.05) is 48.5 Å². The highest BCUT2D eigenvalue weighted by molar-refractivity contribution is 9.10. The quantitative estimate of drug-likeness (QED) is 0.645. The number of nitrogens with one attached hydrogen (secondary N) is 2. The van der Waals surface area contributed by atoms with Crippen LogP contribution in [0.25, 0.3) is 0 Å². The van der Waals surface area contributed by atoms with E-state index in [1.165, 1.54) is 0 Å². The molecule has 2 N–H and O–H groups in total. The molecule has 6 heteroatoms. The second kappa shape index (κ2) is 7.81. The number of ether oxygens (including phenoxy) is 1. The van der Waals surface area contributed by atoms with Crippen molar-refractivity contribution in [1.82, 2.24) is 4.98 Å². The Bertz CT molecular complexity index is 899. The fourth-order valence-electron chi connectivity index (χ4n) is 2.30. The average molecular weight is 398 g/mol. The van der Waals surface area contributed by atoms with Crippen LogP contribution in [0.4, 0.5) is 17.1 Å². The van der Waals surface area contributed by atoms with Crippen LogP contribution in [0, 0.1) is 0 Å². The lowest BCUT2D eigenvalue weighted by Crippen LogP contribution is -2.13. The standard InChI is InChI=1S/C19H16BrN3O2/c1-25-18-8-3-2-7-16(18)22-15-9-10-21-17(12-15)19(24)23-14-6-4-5-13(20)11-14/h2-12H,1H3,(H,21,22)(H,23,24). The molecule has 0 unspecified atom stereocenters. The zero-order chi connectivity index (χ0) is 17.6. The summed E-state index contributed by atoms with van der Waals surface area (Å²) >= 11 is 3.38. The monoisotopic (exact) mass is 397 g/mol. The Kier molecular flexibility index (Phi) is 5.30. The fraction of sp³-hybridized carbons (Fsp3) is 0.0526. The summed E-state index contributed by atoms with van der Waals surface area (Å²) in [4.78, 5) is 16.6. The number of para-hydroxylation sites is 2. The molecular weight excluding hydrogens is 382 g/mol. The number of aromatic nitrogens is 1. The van der Waals surface area contributed by atoms with E-state index in [9.17, 15) is 4.79 Å². The predicted octanol–water partition coefficient (Wildman–Crippen LogP) is 4.85. The third kappa shape index (κ3) is 4.36. The van der Waals surface area contributed by atoms with E-state index >= 15 is 0 Å². The third-order valence-corrected chi connectivity index (χ3v) is 3.95. The van der Waals surface area contributed by atoms with Gasteiger partial charge >= 0.3 is 0 Å². The van der Waals surface area contributed by atoms with Gasteiger partial charge in [-0.25, -0.2) is 0 Å². The molecular formula is C19H16BrN3O2. The fourth-order valence-corrected chi connectivity index (χ4v) is 2.70. The molecule has 3 rings (SSSR count). The van der Waals surface area contributed by atoms with Crippen LogP contribution in [0.15, 0.2) is 71.3 Å². The van der Waals surface area contributed by atoms with E-state index in [1.54, 1.807) is 25.4 Å². The lowest BCUT2D eigenvalue weighted by Gasteiger charge is -2.11. The van der Waals surface area contributed by atoms with E-state index in [2.05, 4.69) is 31.5 Å². The zero-order valence-electron chi connectivity index (χ0n) is 13.5. The Hall–Kier alpha value is -2.86. The van der Waals surface area contributed by atoms with Gasteiger partial charge < -0.3 is 15.4 Å². The summed E-state index contributed by atoms with van der Waals surface area (Å²) in [6, 6.07) is 18.5. The molecule has 126 valence electrons. The summed E-state index contributed by atoms with van der Waals surface area (Å²) in [5.74, 6) is 0.446. The SMILES string of the molecule is COc1ccccc1Nc1ccnc(C(=O)Nc2cccc(Br)c2)c1. The number of hydrogen-bond acceptors (Lipinski definition) is 4. The van der Waals surface area contributed by atoms with Crippen molar-refractivity contribution >= 4 is 38.9 Å². The van der Waals surface area contributed by atoms with Crippen molar-refractivity contribution in [3.05, 3.63) is 77.0 Å². The molecule has 0 aliphatic heterocycles. The number of halogens is 1. The van der Waals surface area contributed by atoms with Crippen LogP contribution in [0.2, 0.25) is 0 Å². The minimum Gasteiger partial charge on any atom is -0.495 e. The molecule has 2 aromatic carbocycles. The summed E-state index contributed by atoms with van der Waals surface area (Å²) in [6.07, 6.45) is 1.59. The molecule has 0 aliphatic rings. The van der Waals surface area contributed by atoms with Gasteiger partial charge in [-0.3, -0.25) is 9.78 Å². The molecule has 0 radical (unpaired) electrons. The van der Waals surface area contributed by atoms with Gasteiger partial charge in [0.2, 0.25) is 0 Å². The highest BCUT2D eigenvalue weighted by Crippen LogP contribution is 2.27. The first-order valence-corrected chi connectivity index (χ1v) is 8.38. The van der Waals surface area contributed by atoms with E-state index in [-0.39, 0.29) is 5.91 Å². The lowest BCUT2D eigenvalue weighted by atomic mass is 10.2. The topological polar surface area (TPSA) is 63.2 Å². The smallest absolute Gasteiger partial charge is 0.274 e. The van der Waals surface area contributed by atoms with Crippen LogP contribution in [-0.4, -0.2) is 18.0 Å². The third-order valence-electron chi connectivity index (χ3n) is 3.46. The molecule has 1 heterocycles. The van der Waals surface area contributed by atoms with E-state index in [4.69, 9.17) is 4.74 Å². The molecule has 0 spiro atoms. The van der Waals surface area contributed by atoms with Crippen LogP contribution in [0.5, 0.6) is 5.75 Å². The number of carbonyl (C=O) groups excluding carboxylic acids is 1.